The Morgan fingerprint density at radius 3 is 2.64 bits per heavy atom. The quantitative estimate of drug-likeness (QED) is 0.361. The van der Waals surface area contributed by atoms with Crippen molar-refractivity contribution in [2.45, 2.75) is 62.5 Å². The first kappa shape index (κ1) is 34.5. The summed E-state index contributed by atoms with van der Waals surface area (Å²) in [6.45, 7) is 6.01. The summed E-state index contributed by atoms with van der Waals surface area (Å²) >= 11 is 1.16. The molecule has 0 aliphatic carbocycles. The number of carbonyl (C=O) groups is 2. The highest BCUT2D eigenvalue weighted by atomic mass is 32.2. The summed E-state index contributed by atoms with van der Waals surface area (Å²) in [5, 5.41) is 14.7. The Balaban J connectivity index is 1.65. The van der Waals surface area contributed by atoms with Crippen LogP contribution in [-0.2, 0) is 14.8 Å². The summed E-state index contributed by atoms with van der Waals surface area (Å²) < 4.78 is 40.5. The molecule has 3 heterocycles. The predicted octanol–water partition coefficient (Wildman–Crippen LogP) is 4.51. The number of ether oxygens (including phenoxy) is 2. The molecule has 244 valence electrons. The number of benzene rings is 1. The first-order valence-corrected chi connectivity index (χ1v) is 17.4. The maximum atomic E-state index is 14.3. The van der Waals surface area contributed by atoms with Crippen LogP contribution in [0.3, 0.4) is 0 Å². The topological polar surface area (TPSA) is 138 Å². The Labute approximate surface area is 269 Å². The van der Waals surface area contributed by atoms with Gasteiger partial charge in [0.15, 0.2) is 0 Å². The van der Waals surface area contributed by atoms with E-state index in [0.29, 0.717) is 30.0 Å². The first-order chi connectivity index (χ1) is 21.5. The Morgan fingerprint density at radius 1 is 1.20 bits per heavy atom. The van der Waals surface area contributed by atoms with E-state index < -0.39 is 22.2 Å². The third kappa shape index (κ3) is 8.88. The fraction of sp³-hybridized carbons (Fsp3) is 0.469. The van der Waals surface area contributed by atoms with Crippen molar-refractivity contribution < 1.29 is 32.6 Å². The molecular formula is C32H42N4O7S2. The van der Waals surface area contributed by atoms with Gasteiger partial charge in [-0.1, -0.05) is 13.0 Å². The SMILES string of the molecule is C[C@@H]1CCCCO[C@@H](CN(C)S(=O)(=O)c2cccs2)[C@@H](C)CN([C@H](C)CO)C(=O)c2cc(NC(=O)c3ccncc3)ccc2O1. The van der Waals surface area contributed by atoms with Crippen molar-refractivity contribution in [2.75, 3.05) is 38.7 Å². The Kier molecular flexibility index (Phi) is 12.1. The van der Waals surface area contributed by atoms with E-state index in [-0.39, 0.29) is 53.3 Å². The van der Waals surface area contributed by atoms with Crippen molar-refractivity contribution in [1.29, 1.82) is 0 Å². The largest absolute Gasteiger partial charge is 0.490 e. The van der Waals surface area contributed by atoms with Crippen molar-refractivity contribution in [2.24, 2.45) is 5.92 Å². The molecule has 4 rings (SSSR count). The summed E-state index contributed by atoms with van der Waals surface area (Å²) in [5.74, 6) is -0.662. The third-order valence-corrected chi connectivity index (χ3v) is 11.0. The number of hydrogen-bond acceptors (Lipinski definition) is 9. The molecule has 3 aromatic rings. The number of thiophene rings is 1. The molecule has 1 aliphatic heterocycles. The van der Waals surface area contributed by atoms with Crippen LogP contribution in [0.15, 0.2) is 64.4 Å². The molecule has 0 saturated heterocycles. The van der Waals surface area contributed by atoms with E-state index in [1.165, 1.54) is 23.7 Å². The van der Waals surface area contributed by atoms with Crippen LogP contribution in [0.5, 0.6) is 5.75 Å². The molecular weight excluding hydrogens is 617 g/mol. The molecule has 2 amide bonds. The number of nitrogens with zero attached hydrogens (tertiary/aromatic N) is 3. The van der Waals surface area contributed by atoms with Crippen LogP contribution < -0.4 is 10.1 Å². The number of rotatable bonds is 8. The third-order valence-electron chi connectivity index (χ3n) is 7.85. The van der Waals surface area contributed by atoms with Crippen LogP contribution in [0.4, 0.5) is 5.69 Å². The van der Waals surface area contributed by atoms with E-state index in [0.717, 1.165) is 24.2 Å². The number of fused-ring (bicyclic) bond motifs is 1. The lowest BCUT2D eigenvalue weighted by Gasteiger charge is -2.35. The molecule has 1 aliphatic rings. The Morgan fingerprint density at radius 2 is 1.96 bits per heavy atom. The van der Waals surface area contributed by atoms with Crippen molar-refractivity contribution in [3.05, 3.63) is 71.4 Å². The smallest absolute Gasteiger partial charge is 0.258 e. The number of pyridine rings is 1. The van der Waals surface area contributed by atoms with Gasteiger partial charge in [-0.25, -0.2) is 8.42 Å². The van der Waals surface area contributed by atoms with Crippen LogP contribution in [0.2, 0.25) is 0 Å². The predicted molar refractivity (Wildman–Crippen MR) is 173 cm³/mol. The zero-order chi connectivity index (χ0) is 32.6. The van der Waals surface area contributed by atoms with Crippen molar-refractivity contribution >= 4 is 38.9 Å². The zero-order valence-corrected chi connectivity index (χ0v) is 27.7. The van der Waals surface area contributed by atoms with E-state index >= 15 is 0 Å². The van der Waals surface area contributed by atoms with Crippen LogP contribution in [-0.4, -0.2) is 91.1 Å². The summed E-state index contributed by atoms with van der Waals surface area (Å²) in [6.07, 6.45) is 4.59. The van der Waals surface area contributed by atoms with Gasteiger partial charge in [-0.3, -0.25) is 14.6 Å². The van der Waals surface area contributed by atoms with E-state index in [1.54, 1.807) is 59.7 Å². The van der Waals surface area contributed by atoms with Crippen molar-refractivity contribution in [1.82, 2.24) is 14.2 Å². The standard InChI is InChI=1S/C32H42N4O7S2/c1-22-19-36(23(2)21-37)32(39)27-18-26(34-31(38)25-12-14-33-15-13-25)10-11-28(27)43-24(3)8-5-6-16-42-29(22)20-35(4)45(40,41)30-9-7-17-44-30/h7,9-15,17-18,22-24,29,37H,5-6,8,16,19-21H2,1-4H3,(H,34,38)/t22-,23+,24+,29-/m0/s1. The zero-order valence-electron chi connectivity index (χ0n) is 26.1. The second-order valence-corrected chi connectivity index (χ2v) is 14.6. The lowest BCUT2D eigenvalue weighted by atomic mass is 10.0. The number of sulfonamides is 1. The van der Waals surface area contributed by atoms with Crippen LogP contribution in [0, 0.1) is 5.92 Å². The van der Waals surface area contributed by atoms with Gasteiger partial charge in [-0.15, -0.1) is 11.3 Å². The second kappa shape index (κ2) is 15.8. The van der Waals surface area contributed by atoms with Gasteiger partial charge >= 0.3 is 0 Å². The molecule has 0 radical (unpaired) electrons. The van der Waals surface area contributed by atoms with Gasteiger partial charge in [0, 0.05) is 56.3 Å². The fourth-order valence-electron chi connectivity index (χ4n) is 5.08. The average Bonchev–Trinajstić information content (AvgIpc) is 3.59. The molecule has 0 fully saturated rings. The molecule has 2 N–H and O–H groups in total. The number of carbonyl (C=O) groups excluding carboxylic acids is 2. The number of likely N-dealkylation sites (N-methyl/N-ethyl adjacent to an activating group) is 1. The highest BCUT2D eigenvalue weighted by molar-refractivity contribution is 7.91. The summed E-state index contributed by atoms with van der Waals surface area (Å²) in [7, 11) is -2.18. The monoisotopic (exact) mass is 658 g/mol. The van der Waals surface area contributed by atoms with Gasteiger partial charge < -0.3 is 24.8 Å². The van der Waals surface area contributed by atoms with Gasteiger partial charge in [0.2, 0.25) is 0 Å². The minimum atomic E-state index is -3.71. The summed E-state index contributed by atoms with van der Waals surface area (Å²) in [5.41, 5.74) is 1.07. The average molecular weight is 659 g/mol. The number of nitrogens with one attached hydrogen (secondary N) is 1. The van der Waals surface area contributed by atoms with Gasteiger partial charge in [0.05, 0.1) is 30.4 Å². The minimum Gasteiger partial charge on any atom is -0.490 e. The van der Waals surface area contributed by atoms with Gasteiger partial charge in [-0.2, -0.15) is 4.31 Å². The van der Waals surface area contributed by atoms with E-state index in [4.69, 9.17) is 9.47 Å². The van der Waals surface area contributed by atoms with E-state index in [2.05, 4.69) is 10.3 Å². The molecule has 45 heavy (non-hydrogen) atoms. The maximum Gasteiger partial charge on any atom is 0.258 e. The summed E-state index contributed by atoms with van der Waals surface area (Å²) in [6, 6.07) is 10.9. The normalized spacial score (nSPS) is 21.0. The maximum absolute atomic E-state index is 14.3. The molecule has 0 saturated carbocycles. The number of hydrogen-bond donors (Lipinski definition) is 2. The minimum absolute atomic E-state index is 0.0955. The lowest BCUT2D eigenvalue weighted by Crippen LogP contribution is -2.48. The number of amides is 2. The molecule has 1 aromatic carbocycles. The Bertz CT molecular complexity index is 1520. The molecule has 0 bridgehead atoms. The highest BCUT2D eigenvalue weighted by Crippen LogP contribution is 2.29. The molecule has 2 aromatic heterocycles. The lowest BCUT2D eigenvalue weighted by molar-refractivity contribution is -0.00832. The second-order valence-electron chi connectivity index (χ2n) is 11.4. The molecule has 4 atom stereocenters. The number of aliphatic hydroxyl groups is 1. The fourth-order valence-corrected chi connectivity index (χ4v) is 7.47. The van der Waals surface area contributed by atoms with Crippen molar-refractivity contribution in [3.63, 3.8) is 0 Å². The van der Waals surface area contributed by atoms with Gasteiger partial charge in [-0.05, 0) is 74.9 Å². The number of aromatic nitrogens is 1. The van der Waals surface area contributed by atoms with E-state index in [9.17, 15) is 23.1 Å². The molecule has 0 spiro atoms. The molecule has 11 nitrogen and oxygen atoms in total. The van der Waals surface area contributed by atoms with Crippen LogP contribution in [0.1, 0.15) is 60.7 Å². The molecule has 13 heteroatoms. The summed E-state index contributed by atoms with van der Waals surface area (Å²) in [4.78, 5) is 32.7. The van der Waals surface area contributed by atoms with E-state index in [1.807, 2.05) is 13.8 Å². The highest BCUT2D eigenvalue weighted by Gasteiger charge is 2.32. The van der Waals surface area contributed by atoms with Crippen LogP contribution >= 0.6 is 11.3 Å². The Hall–Kier alpha value is -3.36. The van der Waals surface area contributed by atoms with Crippen LogP contribution in [0.25, 0.3) is 0 Å². The van der Waals surface area contributed by atoms with Gasteiger partial charge in [0.1, 0.15) is 9.96 Å². The van der Waals surface area contributed by atoms with Crippen molar-refractivity contribution in [3.8, 4) is 5.75 Å². The first-order valence-electron chi connectivity index (χ1n) is 15.1. The number of aliphatic hydroxyl groups excluding tert-OH is 1. The van der Waals surface area contributed by atoms with Gasteiger partial charge in [0.25, 0.3) is 21.8 Å². The number of anilines is 1. The molecule has 0 unspecified atom stereocenters.